The van der Waals surface area contributed by atoms with Gasteiger partial charge in [0, 0.05) is 36.6 Å². The lowest BCUT2D eigenvalue weighted by atomic mass is 9.64. The molecule has 0 spiro atoms. The van der Waals surface area contributed by atoms with Gasteiger partial charge in [-0.15, -0.1) is 0 Å². The molecule has 3 atom stereocenters. The first-order valence-electron chi connectivity index (χ1n) is 13.5. The topological polar surface area (TPSA) is 88.2 Å². The number of carbonyl (C=O) groups excluding carboxylic acids is 3. The zero-order valence-electron chi connectivity index (χ0n) is 22.9. The smallest absolute Gasteiger partial charge is 0.255 e. The Bertz CT molecular complexity index is 1300. The van der Waals surface area contributed by atoms with Gasteiger partial charge in [-0.3, -0.25) is 24.6 Å². The molecule has 13 heteroatoms. The number of ether oxygens (including phenoxy) is 2. The Labute approximate surface area is 228 Å². The summed E-state index contributed by atoms with van der Waals surface area (Å²) in [4.78, 5) is 41.3. The summed E-state index contributed by atoms with van der Waals surface area (Å²) >= 11 is 0. The molecule has 0 radical (unpaired) electrons. The number of hydrogen-bond acceptors (Lipinski definition) is 6. The highest BCUT2D eigenvalue weighted by molar-refractivity contribution is 6.52. The van der Waals surface area contributed by atoms with Crippen LogP contribution in [0.4, 0.5) is 0 Å². The van der Waals surface area contributed by atoms with Crippen LogP contribution in [-0.4, -0.2) is 99.1 Å². The number of hydrogen-bond donors (Lipinski definition) is 1. The highest BCUT2D eigenvalue weighted by Gasteiger charge is 2.40. The highest BCUT2D eigenvalue weighted by atomic mass is 16.5. The third-order valence-corrected chi connectivity index (χ3v) is 8.49. The normalized spacial score (nSPS) is 21.6. The summed E-state index contributed by atoms with van der Waals surface area (Å²) in [6, 6.07) is 6.85. The predicted octanol–water partition coefficient (Wildman–Crippen LogP) is -5.10. The average molecular weight is 509 g/mol. The van der Waals surface area contributed by atoms with Gasteiger partial charge in [0.25, 0.3) is 5.91 Å². The van der Waals surface area contributed by atoms with E-state index >= 15 is 0 Å². The second kappa shape index (κ2) is 10.7. The lowest BCUT2D eigenvalue weighted by Crippen LogP contribution is -2.52. The van der Waals surface area contributed by atoms with Crippen molar-refractivity contribution in [3.05, 3.63) is 46.5 Å². The Morgan fingerprint density at radius 1 is 1.05 bits per heavy atom. The van der Waals surface area contributed by atoms with Gasteiger partial charge < -0.3 is 14.4 Å². The van der Waals surface area contributed by atoms with Crippen molar-refractivity contribution in [3.63, 3.8) is 0 Å². The monoisotopic (exact) mass is 509 g/mol. The maximum Gasteiger partial charge on any atom is 0.255 e. The third-order valence-electron chi connectivity index (χ3n) is 8.49. The molecule has 0 aromatic heterocycles. The van der Waals surface area contributed by atoms with Gasteiger partial charge in [0.15, 0.2) is 7.85 Å². The zero-order valence-corrected chi connectivity index (χ0v) is 22.9. The quantitative estimate of drug-likeness (QED) is 0.310. The fourth-order valence-corrected chi connectivity index (χ4v) is 6.27. The number of amides is 3. The third kappa shape index (κ3) is 4.82. The number of benzene rings is 2. The van der Waals surface area contributed by atoms with Crippen LogP contribution in [0.15, 0.2) is 24.3 Å². The summed E-state index contributed by atoms with van der Waals surface area (Å²) in [6.07, 6.45) is 0.568. The minimum atomic E-state index is -0.647. The van der Waals surface area contributed by atoms with Gasteiger partial charge in [0.05, 0.1) is 25.8 Å². The maximum atomic E-state index is 13.2. The van der Waals surface area contributed by atoms with Crippen molar-refractivity contribution in [1.82, 2.24) is 15.1 Å². The number of fused-ring (bicyclic) bond motifs is 1. The molecule has 3 heterocycles. The molecule has 3 unspecified atom stereocenters. The Balaban J connectivity index is 1.38. The van der Waals surface area contributed by atoms with E-state index in [2.05, 4.69) is 47.7 Å². The fraction of sp³-hybridized carbons (Fsp3) is 0.400. The first-order chi connectivity index (χ1) is 18.2. The molecule has 8 nitrogen and oxygen atoms in total. The van der Waals surface area contributed by atoms with E-state index in [-0.39, 0.29) is 30.8 Å². The van der Waals surface area contributed by atoms with E-state index < -0.39 is 11.9 Å². The van der Waals surface area contributed by atoms with Crippen LogP contribution in [0.3, 0.4) is 0 Å². The van der Waals surface area contributed by atoms with Crippen molar-refractivity contribution >= 4 is 73.3 Å². The first-order valence-corrected chi connectivity index (χ1v) is 13.5. The van der Waals surface area contributed by atoms with Crippen LogP contribution in [0.5, 0.6) is 5.75 Å². The molecule has 2 aromatic rings. The Morgan fingerprint density at radius 2 is 1.79 bits per heavy atom. The standard InChI is InChI=1S/C25H32B5N3O5/c26-15-10-13(20(27)21(28)19(15)22(29)32-6-8-37-9-7-32)23(30)38-17-3-1-2-12-14(17)11-33(25(12)36)16-4-5-18(34)31-24(16)35/h1-3,10,16,22-23H,4-9,11,26-30H2,(H,31,34,35). The molecule has 1 N–H and O–H groups in total. The summed E-state index contributed by atoms with van der Waals surface area (Å²) in [5.41, 5.74) is 7.58. The number of piperidine rings is 1. The summed E-state index contributed by atoms with van der Waals surface area (Å²) in [5, 5.41) is 2.36. The van der Waals surface area contributed by atoms with Gasteiger partial charge in [-0.05, 0) is 24.1 Å². The van der Waals surface area contributed by atoms with Crippen LogP contribution >= 0.6 is 0 Å². The molecule has 2 fully saturated rings. The summed E-state index contributed by atoms with van der Waals surface area (Å²) < 4.78 is 12.1. The zero-order chi connectivity index (χ0) is 27.1. The molecule has 3 aliphatic rings. The van der Waals surface area contributed by atoms with Crippen molar-refractivity contribution in [1.29, 1.82) is 0 Å². The Morgan fingerprint density at radius 3 is 2.50 bits per heavy atom. The maximum absolute atomic E-state index is 13.2. The van der Waals surface area contributed by atoms with Crippen LogP contribution in [0, 0.1) is 0 Å². The molecule has 5 rings (SSSR count). The Hall–Kier alpha value is -2.91. The summed E-state index contributed by atoms with van der Waals surface area (Å²) in [6.45, 7) is 3.71. The van der Waals surface area contributed by atoms with Gasteiger partial charge in [0.2, 0.25) is 11.8 Å². The average Bonchev–Trinajstić information content (AvgIpc) is 3.23. The van der Waals surface area contributed by atoms with E-state index in [1.54, 1.807) is 11.0 Å². The van der Waals surface area contributed by atoms with Gasteiger partial charge in [-0.1, -0.05) is 34.1 Å². The molecule has 3 amide bonds. The van der Waals surface area contributed by atoms with Gasteiger partial charge >= 0.3 is 0 Å². The minimum absolute atomic E-state index is 0.197. The number of rotatable bonds is 6. The van der Waals surface area contributed by atoms with Crippen molar-refractivity contribution in [3.8, 4) is 5.75 Å². The van der Waals surface area contributed by atoms with Crippen LogP contribution in [-0.2, 0) is 20.9 Å². The van der Waals surface area contributed by atoms with Crippen LogP contribution in [0.2, 0.25) is 0 Å². The lowest BCUT2D eigenvalue weighted by Gasteiger charge is -2.35. The lowest BCUT2D eigenvalue weighted by molar-refractivity contribution is -0.136. The van der Waals surface area contributed by atoms with Crippen molar-refractivity contribution < 1.29 is 23.9 Å². The number of morpholine rings is 1. The molecule has 38 heavy (non-hydrogen) atoms. The summed E-state index contributed by atoms with van der Waals surface area (Å²) in [7, 11) is 10.8. The minimum Gasteiger partial charge on any atom is -0.495 e. The van der Waals surface area contributed by atoms with Crippen molar-refractivity contribution in [2.24, 2.45) is 0 Å². The molecule has 2 aromatic carbocycles. The SMILES string of the molecule is Bc1cc(C(B)Oc2cccc3c2CN(C2CCC(=O)NC2=O)C3=O)c(B)c(B)c1C(B)N1CCOCC1. The molecule has 192 valence electrons. The van der Waals surface area contributed by atoms with E-state index in [1.165, 1.54) is 22.0 Å². The van der Waals surface area contributed by atoms with E-state index in [0.29, 0.717) is 23.7 Å². The first kappa shape index (κ1) is 26.7. The number of carbonyl (C=O) groups is 3. The van der Waals surface area contributed by atoms with E-state index in [9.17, 15) is 14.4 Å². The van der Waals surface area contributed by atoms with Crippen LogP contribution in [0.1, 0.15) is 51.8 Å². The van der Waals surface area contributed by atoms with E-state index in [4.69, 9.17) is 9.47 Å². The van der Waals surface area contributed by atoms with Crippen LogP contribution in [0.25, 0.3) is 0 Å². The molecule has 0 bridgehead atoms. The van der Waals surface area contributed by atoms with Gasteiger partial charge in [0.1, 0.15) is 43.2 Å². The Kier molecular flexibility index (Phi) is 7.51. The predicted molar refractivity (Wildman–Crippen MR) is 159 cm³/mol. The van der Waals surface area contributed by atoms with Crippen LogP contribution < -0.4 is 26.4 Å². The van der Waals surface area contributed by atoms with E-state index in [1.807, 2.05) is 20.0 Å². The fourth-order valence-electron chi connectivity index (χ4n) is 6.27. The second-order valence-corrected chi connectivity index (χ2v) is 10.7. The molecule has 0 aliphatic carbocycles. The van der Waals surface area contributed by atoms with Gasteiger partial charge in [-0.2, -0.15) is 0 Å². The molecule has 0 saturated carbocycles. The van der Waals surface area contributed by atoms with Crippen molar-refractivity contribution in [2.75, 3.05) is 26.3 Å². The number of nitrogens with one attached hydrogen (secondary N) is 1. The molecule has 3 aliphatic heterocycles. The number of nitrogens with zero attached hydrogens (tertiary/aromatic N) is 2. The number of imide groups is 1. The molecular formula is C25H32B5N3O5. The highest BCUT2D eigenvalue weighted by Crippen LogP contribution is 2.35. The molecule has 2 saturated heterocycles. The summed E-state index contributed by atoms with van der Waals surface area (Å²) in [5.74, 6) is 0.0610. The second-order valence-electron chi connectivity index (χ2n) is 10.7. The largest absolute Gasteiger partial charge is 0.495 e. The van der Waals surface area contributed by atoms with Gasteiger partial charge in [-0.25, -0.2) is 0 Å². The molecular weight excluding hydrogens is 476 g/mol. The van der Waals surface area contributed by atoms with Crippen molar-refractivity contribution in [2.45, 2.75) is 37.4 Å². The van der Waals surface area contributed by atoms with E-state index in [0.717, 1.165) is 37.4 Å².